The minimum atomic E-state index is -0.567. The first-order chi connectivity index (χ1) is 21.3. The lowest BCUT2D eigenvalue weighted by Crippen LogP contribution is -2.26. The number of ketones is 1. The Morgan fingerprint density at radius 1 is 0.705 bits per heavy atom. The lowest BCUT2D eigenvalue weighted by atomic mass is 9.72. The van der Waals surface area contributed by atoms with Gasteiger partial charge < -0.3 is 14.3 Å². The Kier molecular flexibility index (Phi) is 13.5. The molecule has 0 bridgehead atoms. The molecule has 6 nitrogen and oxygen atoms in total. The molecular weight excluding hydrogens is 552 g/mol. The summed E-state index contributed by atoms with van der Waals surface area (Å²) in [6.45, 7) is 8.51. The molecule has 0 amide bonds. The standard InChI is InChI=1S/C38H46O6/c1-5-9-11-28(7-3)27-35(40)29-16-20-33(21-17-29)43-36(41)30-12-14-31(15-13-30)37(42)44-34-22-18-32(19-23-34)38(8-4,25-26-39)24-10-6-2/h12-23,26,28H,5-11,24-25,27H2,1-4H3. The molecule has 0 aliphatic carbocycles. The molecule has 234 valence electrons. The second-order valence-electron chi connectivity index (χ2n) is 11.6. The Balaban J connectivity index is 1.58. The topological polar surface area (TPSA) is 86.7 Å². The van der Waals surface area contributed by atoms with Gasteiger partial charge in [-0.25, -0.2) is 9.59 Å². The number of ether oxygens (including phenoxy) is 2. The average Bonchev–Trinajstić information content (AvgIpc) is 3.05. The first-order valence-corrected chi connectivity index (χ1v) is 16.0. The summed E-state index contributed by atoms with van der Waals surface area (Å²) in [6.07, 6.45) is 10.1. The van der Waals surface area contributed by atoms with Gasteiger partial charge in [-0.1, -0.05) is 78.4 Å². The SMILES string of the molecule is CCCCC(CC)CC(=O)c1ccc(OC(=O)c2ccc(C(=O)Oc3ccc(C(CC)(CC=O)CCCC)cc3)cc2)cc1. The molecule has 3 aromatic rings. The summed E-state index contributed by atoms with van der Waals surface area (Å²) in [5, 5.41) is 0. The highest BCUT2D eigenvalue weighted by molar-refractivity contribution is 5.97. The van der Waals surface area contributed by atoms with Gasteiger partial charge in [0.25, 0.3) is 0 Å². The van der Waals surface area contributed by atoms with Gasteiger partial charge in [-0.2, -0.15) is 0 Å². The van der Waals surface area contributed by atoms with Crippen LogP contribution in [0, 0.1) is 5.92 Å². The van der Waals surface area contributed by atoms with E-state index in [2.05, 4.69) is 27.7 Å². The molecule has 0 fully saturated rings. The molecular formula is C38H46O6. The maximum atomic E-state index is 12.8. The Morgan fingerprint density at radius 3 is 1.66 bits per heavy atom. The molecule has 3 rings (SSSR count). The van der Waals surface area contributed by atoms with Gasteiger partial charge in [0, 0.05) is 23.8 Å². The second kappa shape index (κ2) is 17.3. The van der Waals surface area contributed by atoms with Gasteiger partial charge in [0.15, 0.2) is 5.78 Å². The molecule has 0 aromatic heterocycles. The number of unbranched alkanes of at least 4 members (excludes halogenated alkanes) is 2. The highest BCUT2D eigenvalue weighted by atomic mass is 16.5. The van der Waals surface area contributed by atoms with Crippen molar-refractivity contribution in [1.82, 2.24) is 0 Å². The maximum absolute atomic E-state index is 12.8. The number of hydrogen-bond donors (Lipinski definition) is 0. The minimum absolute atomic E-state index is 0.100. The van der Waals surface area contributed by atoms with Crippen molar-refractivity contribution < 1.29 is 28.7 Å². The van der Waals surface area contributed by atoms with E-state index >= 15 is 0 Å². The van der Waals surface area contributed by atoms with Crippen LogP contribution in [0.15, 0.2) is 72.8 Å². The zero-order valence-electron chi connectivity index (χ0n) is 26.6. The van der Waals surface area contributed by atoms with E-state index in [1.54, 1.807) is 36.4 Å². The molecule has 0 saturated heterocycles. The number of hydrogen-bond acceptors (Lipinski definition) is 6. The zero-order valence-corrected chi connectivity index (χ0v) is 26.6. The highest BCUT2D eigenvalue weighted by Gasteiger charge is 2.29. The van der Waals surface area contributed by atoms with E-state index in [0.29, 0.717) is 41.4 Å². The Labute approximate surface area is 262 Å². The minimum Gasteiger partial charge on any atom is -0.423 e. The molecule has 0 radical (unpaired) electrons. The first kappa shape index (κ1) is 34.4. The normalized spacial score (nSPS) is 13.0. The summed E-state index contributed by atoms with van der Waals surface area (Å²) < 4.78 is 11.1. The summed E-state index contributed by atoms with van der Waals surface area (Å²) in [4.78, 5) is 49.6. The van der Waals surface area contributed by atoms with Gasteiger partial charge in [0.1, 0.15) is 17.8 Å². The van der Waals surface area contributed by atoms with Crippen LogP contribution in [0.25, 0.3) is 0 Å². The fourth-order valence-corrected chi connectivity index (χ4v) is 5.55. The molecule has 3 aromatic carbocycles. The molecule has 0 spiro atoms. The van der Waals surface area contributed by atoms with Crippen molar-refractivity contribution in [3.63, 3.8) is 0 Å². The Bertz CT molecular complexity index is 1360. The first-order valence-electron chi connectivity index (χ1n) is 16.0. The smallest absolute Gasteiger partial charge is 0.343 e. The van der Waals surface area contributed by atoms with E-state index in [1.807, 2.05) is 12.1 Å². The summed E-state index contributed by atoms with van der Waals surface area (Å²) >= 11 is 0. The van der Waals surface area contributed by atoms with Crippen molar-refractivity contribution in [3.8, 4) is 11.5 Å². The molecule has 44 heavy (non-hydrogen) atoms. The lowest BCUT2D eigenvalue weighted by Gasteiger charge is -2.32. The van der Waals surface area contributed by atoms with Gasteiger partial charge in [-0.15, -0.1) is 0 Å². The van der Waals surface area contributed by atoms with Crippen LogP contribution < -0.4 is 9.47 Å². The summed E-state index contributed by atoms with van der Waals surface area (Å²) in [5.74, 6) is 0.120. The number of aldehydes is 1. The largest absolute Gasteiger partial charge is 0.423 e. The van der Waals surface area contributed by atoms with Crippen molar-refractivity contribution in [2.24, 2.45) is 5.92 Å². The van der Waals surface area contributed by atoms with Crippen LogP contribution in [-0.4, -0.2) is 24.0 Å². The van der Waals surface area contributed by atoms with E-state index in [0.717, 1.165) is 63.2 Å². The van der Waals surface area contributed by atoms with E-state index in [-0.39, 0.29) is 16.8 Å². The molecule has 6 heteroatoms. The van der Waals surface area contributed by atoms with Gasteiger partial charge in [-0.05, 0) is 85.0 Å². The molecule has 2 atom stereocenters. The van der Waals surface area contributed by atoms with Crippen molar-refractivity contribution in [3.05, 3.63) is 95.1 Å². The number of rotatable bonds is 18. The van der Waals surface area contributed by atoms with Crippen LogP contribution in [0.4, 0.5) is 0 Å². The third-order valence-electron chi connectivity index (χ3n) is 8.60. The number of carbonyl (C=O) groups excluding carboxylic acids is 4. The molecule has 0 aliphatic rings. The van der Waals surface area contributed by atoms with Gasteiger partial charge in [-0.3, -0.25) is 4.79 Å². The average molecular weight is 599 g/mol. The second-order valence-corrected chi connectivity index (χ2v) is 11.6. The van der Waals surface area contributed by atoms with E-state index < -0.39 is 11.9 Å². The van der Waals surface area contributed by atoms with Crippen LogP contribution in [0.5, 0.6) is 11.5 Å². The Morgan fingerprint density at radius 2 is 1.20 bits per heavy atom. The summed E-state index contributed by atoms with van der Waals surface area (Å²) in [5.41, 5.74) is 2.04. The highest BCUT2D eigenvalue weighted by Crippen LogP contribution is 2.37. The van der Waals surface area contributed by atoms with Crippen LogP contribution >= 0.6 is 0 Å². The van der Waals surface area contributed by atoms with Crippen LogP contribution in [0.3, 0.4) is 0 Å². The number of esters is 2. The summed E-state index contributed by atoms with van der Waals surface area (Å²) in [7, 11) is 0. The van der Waals surface area contributed by atoms with Gasteiger partial charge in [0.05, 0.1) is 11.1 Å². The predicted octanol–water partition coefficient (Wildman–Crippen LogP) is 9.34. The number of Topliss-reactive ketones (excluding diaryl/α,β-unsaturated/α-hetero) is 1. The van der Waals surface area contributed by atoms with Crippen LogP contribution in [-0.2, 0) is 10.2 Å². The summed E-state index contributed by atoms with van der Waals surface area (Å²) in [6, 6.07) is 20.1. The molecule has 0 saturated carbocycles. The lowest BCUT2D eigenvalue weighted by molar-refractivity contribution is -0.109. The van der Waals surface area contributed by atoms with Crippen molar-refractivity contribution in [2.75, 3.05) is 0 Å². The van der Waals surface area contributed by atoms with Crippen LogP contribution in [0.1, 0.15) is 129 Å². The van der Waals surface area contributed by atoms with E-state index in [9.17, 15) is 19.2 Å². The Hall–Kier alpha value is -4.06. The molecule has 0 aliphatic heterocycles. The molecule has 0 heterocycles. The van der Waals surface area contributed by atoms with Crippen molar-refractivity contribution >= 4 is 24.0 Å². The number of carbonyl (C=O) groups is 4. The third-order valence-corrected chi connectivity index (χ3v) is 8.60. The fraction of sp³-hybridized carbons (Fsp3) is 0.421. The van der Waals surface area contributed by atoms with Gasteiger partial charge >= 0.3 is 11.9 Å². The zero-order chi connectivity index (χ0) is 32.0. The maximum Gasteiger partial charge on any atom is 0.343 e. The quantitative estimate of drug-likeness (QED) is 0.0627. The fourth-order valence-electron chi connectivity index (χ4n) is 5.55. The van der Waals surface area contributed by atoms with Crippen LogP contribution in [0.2, 0.25) is 0 Å². The van der Waals surface area contributed by atoms with E-state index in [1.165, 1.54) is 24.3 Å². The third kappa shape index (κ3) is 9.47. The van der Waals surface area contributed by atoms with E-state index in [4.69, 9.17) is 9.47 Å². The monoisotopic (exact) mass is 598 g/mol. The van der Waals surface area contributed by atoms with Gasteiger partial charge in [0.2, 0.25) is 0 Å². The predicted molar refractivity (Wildman–Crippen MR) is 174 cm³/mol. The molecule has 2 unspecified atom stereocenters. The number of benzene rings is 3. The van der Waals surface area contributed by atoms with Crippen molar-refractivity contribution in [1.29, 1.82) is 0 Å². The molecule has 0 N–H and O–H groups in total. The van der Waals surface area contributed by atoms with Crippen molar-refractivity contribution in [2.45, 2.75) is 97.3 Å².